The Morgan fingerprint density at radius 2 is 1.42 bits per heavy atom. The molecule has 2 rings (SSSR count). The van der Waals surface area contributed by atoms with Crippen molar-refractivity contribution in [3.05, 3.63) is 35.9 Å². The average Bonchev–Trinajstić information content (AvgIpc) is 3.25. The monoisotopic (exact) mass is 603 g/mol. The molecule has 0 aromatic heterocycles. The lowest BCUT2D eigenvalue weighted by Crippen LogP contribution is -2.51. The van der Waals surface area contributed by atoms with E-state index in [9.17, 15) is 33.6 Å². The molecule has 2 unspecified atom stereocenters. The Morgan fingerprint density at radius 1 is 0.814 bits per heavy atom. The van der Waals surface area contributed by atoms with Gasteiger partial charge in [0.25, 0.3) is 0 Å². The topological polar surface area (TPSA) is 171 Å². The molecular formula is C31H49N5O7. The average molecular weight is 604 g/mol. The lowest BCUT2D eigenvalue weighted by atomic mass is 10.1. The number of amides is 6. The molecule has 1 aliphatic rings. The number of ketones is 1. The third-order valence-electron chi connectivity index (χ3n) is 6.09. The summed E-state index contributed by atoms with van der Waals surface area (Å²) in [5.74, 6) is -2.83. The summed E-state index contributed by atoms with van der Waals surface area (Å²) in [5.41, 5.74) is 0.806. The van der Waals surface area contributed by atoms with Crippen LogP contribution in [0.1, 0.15) is 79.2 Å². The number of hydrogen-bond donors (Lipinski definition) is 4. The van der Waals surface area contributed by atoms with Crippen LogP contribution in [0.2, 0.25) is 0 Å². The summed E-state index contributed by atoms with van der Waals surface area (Å²) in [5, 5.41) is 9.92. The van der Waals surface area contributed by atoms with Gasteiger partial charge in [-0.15, -0.1) is 0 Å². The first-order valence-electron chi connectivity index (χ1n) is 15.0. The molecule has 0 spiro atoms. The molecule has 0 radical (unpaired) electrons. The molecule has 0 saturated carbocycles. The molecule has 1 fully saturated rings. The maximum Gasteiger partial charge on any atom is 0.243 e. The van der Waals surface area contributed by atoms with Crippen LogP contribution in [0, 0.1) is 5.92 Å². The number of benzene rings is 1. The minimum absolute atomic E-state index is 0.152. The van der Waals surface area contributed by atoms with Gasteiger partial charge in [0.15, 0.2) is 0 Å². The Hall–Kier alpha value is -4.09. The van der Waals surface area contributed by atoms with E-state index < -0.39 is 30.3 Å². The second kappa shape index (κ2) is 22.5. The fourth-order valence-corrected chi connectivity index (χ4v) is 3.96. The minimum atomic E-state index is -0.944. The number of hydrogen-bond acceptors (Lipinski definition) is 7. The molecule has 12 heteroatoms. The molecule has 1 saturated heterocycles. The Kier molecular flexibility index (Phi) is 20.4. The largest absolute Gasteiger partial charge is 0.347 e. The van der Waals surface area contributed by atoms with Gasteiger partial charge < -0.3 is 21.3 Å². The number of nitrogens with zero attached hydrogens (tertiary/aromatic N) is 1. The fourth-order valence-electron chi connectivity index (χ4n) is 3.96. The van der Waals surface area contributed by atoms with Gasteiger partial charge in [-0.2, -0.15) is 0 Å². The Labute approximate surface area is 255 Å². The van der Waals surface area contributed by atoms with E-state index in [1.165, 1.54) is 11.8 Å². The standard InChI is InChI=1S/C27H37N5O7.2C2H6/c1-18-13-25(37)32(27(18)39)12-8-4-7-11-22(34)28-16-23(35)29-17-24(36)31-21(26(38)30-15-19(2)33)14-20-9-5-3-6-10-20;2*1-2/h3,5-6,9-10,18,21H,4,7-8,11-17H2,1-2H3,(H,28,34)(H,29,35)(H,30,38)(H,31,36);2*1-2H3. The summed E-state index contributed by atoms with van der Waals surface area (Å²) >= 11 is 0. The van der Waals surface area contributed by atoms with E-state index in [2.05, 4.69) is 21.3 Å². The molecule has 1 aromatic rings. The number of unbranched alkanes of at least 4 members (excludes halogenated alkanes) is 2. The molecule has 0 bridgehead atoms. The van der Waals surface area contributed by atoms with Crippen molar-refractivity contribution >= 4 is 41.2 Å². The van der Waals surface area contributed by atoms with Crippen LogP contribution in [0.3, 0.4) is 0 Å². The highest BCUT2D eigenvalue weighted by Gasteiger charge is 2.34. The van der Waals surface area contributed by atoms with Gasteiger partial charge in [0.1, 0.15) is 11.8 Å². The zero-order valence-electron chi connectivity index (χ0n) is 26.4. The Morgan fingerprint density at radius 3 is 2.00 bits per heavy atom. The van der Waals surface area contributed by atoms with Crippen LogP contribution in [0.25, 0.3) is 0 Å². The molecule has 1 aliphatic heterocycles. The molecule has 6 amide bonds. The van der Waals surface area contributed by atoms with E-state index in [0.29, 0.717) is 25.8 Å². The van der Waals surface area contributed by atoms with E-state index in [-0.39, 0.29) is 61.8 Å². The predicted molar refractivity (Wildman–Crippen MR) is 163 cm³/mol. The van der Waals surface area contributed by atoms with Gasteiger partial charge in [-0.25, -0.2) is 0 Å². The number of carbonyl (C=O) groups excluding carboxylic acids is 7. The van der Waals surface area contributed by atoms with Crippen molar-refractivity contribution in [3.63, 3.8) is 0 Å². The van der Waals surface area contributed by atoms with Crippen LogP contribution in [0.4, 0.5) is 0 Å². The second-order valence-electron chi connectivity index (χ2n) is 9.58. The molecule has 12 nitrogen and oxygen atoms in total. The number of carbonyl (C=O) groups is 7. The van der Waals surface area contributed by atoms with E-state index >= 15 is 0 Å². The number of nitrogens with one attached hydrogen (secondary N) is 4. The molecule has 4 N–H and O–H groups in total. The van der Waals surface area contributed by atoms with Gasteiger partial charge >= 0.3 is 0 Å². The fraction of sp³-hybridized carbons (Fsp3) is 0.581. The zero-order valence-corrected chi connectivity index (χ0v) is 26.4. The lowest BCUT2D eigenvalue weighted by molar-refractivity contribution is -0.139. The maximum atomic E-state index is 12.5. The third-order valence-corrected chi connectivity index (χ3v) is 6.09. The molecule has 1 aromatic carbocycles. The number of rotatable bonds is 16. The number of likely N-dealkylation sites (tertiary alicyclic amines) is 1. The van der Waals surface area contributed by atoms with Crippen molar-refractivity contribution in [1.29, 1.82) is 0 Å². The second-order valence-corrected chi connectivity index (χ2v) is 9.58. The minimum Gasteiger partial charge on any atom is -0.347 e. The van der Waals surface area contributed by atoms with Gasteiger partial charge in [-0.1, -0.05) is 71.4 Å². The summed E-state index contributed by atoms with van der Waals surface area (Å²) < 4.78 is 0. The van der Waals surface area contributed by atoms with Crippen molar-refractivity contribution in [2.45, 2.75) is 86.1 Å². The van der Waals surface area contributed by atoms with Crippen LogP contribution in [0.15, 0.2) is 30.3 Å². The first-order valence-corrected chi connectivity index (χ1v) is 15.0. The highest BCUT2D eigenvalue weighted by Crippen LogP contribution is 2.19. The quantitative estimate of drug-likeness (QED) is 0.164. The van der Waals surface area contributed by atoms with Crippen LogP contribution in [-0.2, 0) is 40.0 Å². The normalized spacial score (nSPS) is 14.3. The van der Waals surface area contributed by atoms with Gasteiger partial charge in [0.05, 0.1) is 19.6 Å². The first-order chi connectivity index (χ1) is 20.6. The number of imide groups is 1. The van der Waals surface area contributed by atoms with E-state index in [4.69, 9.17) is 0 Å². The molecule has 2 atom stereocenters. The van der Waals surface area contributed by atoms with Gasteiger partial charge in [-0.3, -0.25) is 38.5 Å². The molecular weight excluding hydrogens is 554 g/mol. The molecule has 43 heavy (non-hydrogen) atoms. The summed E-state index contributed by atoms with van der Waals surface area (Å²) in [4.78, 5) is 85.1. The molecule has 0 aliphatic carbocycles. The SMILES string of the molecule is CC.CC.CC(=O)CNC(=O)C(Cc1ccccc1)NC(=O)CNC(=O)CNC(=O)CCCCCN1C(=O)CC(C)C1=O. The van der Waals surface area contributed by atoms with Crippen LogP contribution in [-0.4, -0.2) is 78.3 Å². The van der Waals surface area contributed by atoms with E-state index in [0.717, 1.165) is 5.56 Å². The smallest absolute Gasteiger partial charge is 0.243 e. The highest BCUT2D eigenvalue weighted by molar-refractivity contribution is 6.03. The van der Waals surface area contributed by atoms with Crippen LogP contribution < -0.4 is 21.3 Å². The predicted octanol–water partition coefficient (Wildman–Crippen LogP) is 1.66. The first kappa shape index (κ1) is 38.9. The molecule has 240 valence electrons. The van der Waals surface area contributed by atoms with Gasteiger partial charge in [0, 0.05) is 31.7 Å². The van der Waals surface area contributed by atoms with Crippen molar-refractivity contribution in [2.75, 3.05) is 26.2 Å². The maximum absolute atomic E-state index is 12.5. The highest BCUT2D eigenvalue weighted by atomic mass is 16.2. The Bertz CT molecular complexity index is 1060. The van der Waals surface area contributed by atoms with Gasteiger partial charge in [-0.05, 0) is 25.3 Å². The Balaban J connectivity index is 0.00000422. The van der Waals surface area contributed by atoms with Crippen molar-refractivity contribution < 1.29 is 33.6 Å². The van der Waals surface area contributed by atoms with E-state index in [1.54, 1.807) is 31.2 Å². The van der Waals surface area contributed by atoms with Crippen LogP contribution in [0.5, 0.6) is 0 Å². The zero-order chi connectivity index (χ0) is 32.8. The van der Waals surface area contributed by atoms with Crippen LogP contribution >= 0.6 is 0 Å². The summed E-state index contributed by atoms with van der Waals surface area (Å²) in [6, 6.07) is 8.09. The van der Waals surface area contributed by atoms with Gasteiger partial charge in [0.2, 0.25) is 35.4 Å². The number of Topliss-reactive ketones (excluding diaryl/α,β-unsaturated/α-hetero) is 1. The third kappa shape index (κ3) is 16.2. The van der Waals surface area contributed by atoms with Crippen molar-refractivity contribution in [3.8, 4) is 0 Å². The van der Waals surface area contributed by atoms with Crippen molar-refractivity contribution in [2.24, 2.45) is 5.92 Å². The summed E-state index contributed by atoms with van der Waals surface area (Å²) in [6.07, 6.45) is 2.42. The molecule has 1 heterocycles. The summed E-state index contributed by atoms with van der Waals surface area (Å²) in [6.45, 7) is 10.5. The van der Waals surface area contributed by atoms with Crippen molar-refractivity contribution in [1.82, 2.24) is 26.2 Å². The van der Waals surface area contributed by atoms with E-state index in [1.807, 2.05) is 33.8 Å². The summed E-state index contributed by atoms with van der Waals surface area (Å²) in [7, 11) is 0. The lowest BCUT2D eigenvalue weighted by Gasteiger charge is -2.18.